The summed E-state index contributed by atoms with van der Waals surface area (Å²) in [4.78, 5) is 11.6. The van der Waals surface area contributed by atoms with Gasteiger partial charge in [0, 0.05) is 37.0 Å². The number of hydrogen-bond acceptors (Lipinski definition) is 5. The lowest BCUT2D eigenvalue weighted by Crippen LogP contribution is -2.43. The summed E-state index contributed by atoms with van der Waals surface area (Å²) in [5, 5.41) is 24.3. The first-order chi connectivity index (χ1) is 15.1. The summed E-state index contributed by atoms with van der Waals surface area (Å²) in [7, 11) is 0. The van der Waals surface area contributed by atoms with Crippen LogP contribution in [0.4, 0.5) is 28.9 Å². The van der Waals surface area contributed by atoms with Crippen molar-refractivity contribution in [2.75, 3.05) is 24.5 Å². The third kappa shape index (κ3) is 5.87. The average molecular weight is 476 g/mol. The van der Waals surface area contributed by atoms with Crippen molar-refractivity contribution >= 4 is 23.0 Å². The summed E-state index contributed by atoms with van der Waals surface area (Å²) < 4.78 is 53.5. The SMILES string of the molecule is O=[N+]([O-])c1ccc(N2CCC(NCCC(O)c3ccc(F)c(Cl)c3)CC2)c(C(F)(F)F)c1. The smallest absolute Gasteiger partial charge is 0.388 e. The fourth-order valence-corrected chi connectivity index (χ4v) is 3.96. The number of rotatable bonds is 7. The molecule has 1 aliphatic heterocycles. The van der Waals surface area contributed by atoms with E-state index in [0.717, 1.165) is 12.1 Å². The summed E-state index contributed by atoms with van der Waals surface area (Å²) >= 11 is 5.73. The van der Waals surface area contributed by atoms with E-state index in [9.17, 15) is 32.8 Å². The lowest BCUT2D eigenvalue weighted by atomic mass is 10.0. The molecule has 1 unspecified atom stereocenters. The third-order valence-corrected chi connectivity index (χ3v) is 5.80. The van der Waals surface area contributed by atoms with Gasteiger partial charge in [-0.05, 0) is 49.6 Å². The van der Waals surface area contributed by atoms with Crippen LogP contribution >= 0.6 is 11.6 Å². The van der Waals surface area contributed by atoms with E-state index in [-0.39, 0.29) is 16.8 Å². The molecule has 0 saturated carbocycles. The average Bonchev–Trinajstić information content (AvgIpc) is 2.75. The Morgan fingerprint density at radius 2 is 1.91 bits per heavy atom. The number of nitrogens with zero attached hydrogens (tertiary/aromatic N) is 2. The fourth-order valence-electron chi connectivity index (χ4n) is 3.78. The maximum atomic E-state index is 13.4. The number of halogens is 5. The van der Waals surface area contributed by atoms with Crippen LogP contribution < -0.4 is 10.2 Å². The molecule has 2 N–H and O–H groups in total. The van der Waals surface area contributed by atoms with Gasteiger partial charge in [-0.15, -0.1) is 0 Å². The molecule has 0 amide bonds. The standard InChI is InChI=1S/C21H22ClF4N3O3/c22-17-11-13(1-3-18(17)23)20(30)5-8-27-14-6-9-28(10-7-14)19-4-2-15(29(31)32)12-16(19)21(24,25)26/h1-4,11-12,14,20,27,30H,5-10H2. The van der Waals surface area contributed by atoms with Crippen molar-refractivity contribution in [3.8, 4) is 0 Å². The van der Waals surface area contributed by atoms with E-state index in [1.54, 1.807) is 4.90 Å². The molecule has 1 aliphatic rings. The molecule has 1 saturated heterocycles. The van der Waals surface area contributed by atoms with Crippen molar-refractivity contribution in [1.29, 1.82) is 0 Å². The monoisotopic (exact) mass is 475 g/mol. The summed E-state index contributed by atoms with van der Waals surface area (Å²) in [6, 6.07) is 6.90. The Morgan fingerprint density at radius 1 is 1.22 bits per heavy atom. The molecular weight excluding hydrogens is 454 g/mol. The van der Waals surface area contributed by atoms with Crippen LogP contribution in [-0.4, -0.2) is 35.7 Å². The molecule has 1 heterocycles. The molecule has 2 aromatic rings. The first-order valence-corrected chi connectivity index (χ1v) is 10.4. The summed E-state index contributed by atoms with van der Waals surface area (Å²) in [6.07, 6.45) is -4.01. The summed E-state index contributed by atoms with van der Waals surface area (Å²) in [5.41, 5.74) is -1.17. The second kappa shape index (κ2) is 10.0. The number of nitro groups is 1. The van der Waals surface area contributed by atoms with Crippen LogP contribution in [0.2, 0.25) is 5.02 Å². The van der Waals surface area contributed by atoms with Gasteiger partial charge in [0.05, 0.1) is 21.6 Å². The van der Waals surface area contributed by atoms with E-state index in [0.29, 0.717) is 50.5 Å². The van der Waals surface area contributed by atoms with Crippen molar-refractivity contribution in [3.05, 3.63) is 68.5 Å². The third-order valence-electron chi connectivity index (χ3n) is 5.51. The number of non-ortho nitro benzene ring substituents is 1. The Labute approximate surface area is 186 Å². The van der Waals surface area contributed by atoms with Gasteiger partial charge in [-0.3, -0.25) is 10.1 Å². The van der Waals surface area contributed by atoms with E-state index >= 15 is 0 Å². The number of piperidine rings is 1. The number of anilines is 1. The highest BCUT2D eigenvalue weighted by Gasteiger charge is 2.37. The first kappa shape index (κ1) is 24.2. The van der Waals surface area contributed by atoms with E-state index in [2.05, 4.69) is 5.32 Å². The van der Waals surface area contributed by atoms with Crippen molar-refractivity contribution in [2.45, 2.75) is 37.6 Å². The molecule has 0 spiro atoms. The van der Waals surface area contributed by atoms with Crippen LogP contribution in [0, 0.1) is 15.9 Å². The van der Waals surface area contributed by atoms with Crippen LogP contribution in [0.5, 0.6) is 0 Å². The number of nitro benzene ring substituents is 1. The van der Waals surface area contributed by atoms with E-state index in [1.807, 2.05) is 0 Å². The van der Waals surface area contributed by atoms with E-state index < -0.39 is 34.3 Å². The quantitative estimate of drug-likeness (QED) is 0.331. The molecule has 174 valence electrons. The number of hydrogen-bond donors (Lipinski definition) is 2. The normalized spacial score (nSPS) is 16.2. The highest BCUT2D eigenvalue weighted by molar-refractivity contribution is 6.30. The number of aliphatic hydroxyl groups excluding tert-OH is 1. The van der Waals surface area contributed by atoms with Gasteiger partial charge >= 0.3 is 6.18 Å². The molecule has 0 bridgehead atoms. The molecular formula is C21H22ClF4N3O3. The Bertz CT molecular complexity index is 966. The van der Waals surface area contributed by atoms with E-state index in [1.165, 1.54) is 18.2 Å². The van der Waals surface area contributed by atoms with Gasteiger partial charge in [-0.1, -0.05) is 17.7 Å². The molecule has 6 nitrogen and oxygen atoms in total. The topological polar surface area (TPSA) is 78.6 Å². The van der Waals surface area contributed by atoms with Gasteiger partial charge in [-0.25, -0.2) is 4.39 Å². The van der Waals surface area contributed by atoms with Gasteiger partial charge in [0.15, 0.2) is 0 Å². The lowest BCUT2D eigenvalue weighted by Gasteiger charge is -2.35. The Balaban J connectivity index is 1.54. The van der Waals surface area contributed by atoms with Gasteiger partial charge in [-0.2, -0.15) is 13.2 Å². The minimum absolute atomic E-state index is 0.0580. The number of nitrogens with one attached hydrogen (secondary N) is 1. The van der Waals surface area contributed by atoms with Crippen molar-refractivity contribution in [3.63, 3.8) is 0 Å². The van der Waals surface area contributed by atoms with Crippen molar-refractivity contribution < 1.29 is 27.6 Å². The molecule has 0 radical (unpaired) electrons. The van der Waals surface area contributed by atoms with Crippen LogP contribution in [-0.2, 0) is 6.18 Å². The molecule has 3 rings (SSSR count). The number of aliphatic hydroxyl groups is 1. The second-order valence-electron chi connectivity index (χ2n) is 7.65. The maximum Gasteiger partial charge on any atom is 0.418 e. The minimum atomic E-state index is -4.70. The first-order valence-electron chi connectivity index (χ1n) is 10.0. The molecule has 2 aromatic carbocycles. The minimum Gasteiger partial charge on any atom is -0.388 e. The Kier molecular flexibility index (Phi) is 7.58. The van der Waals surface area contributed by atoms with Crippen LogP contribution in [0.15, 0.2) is 36.4 Å². The summed E-state index contributed by atoms with van der Waals surface area (Å²) in [6.45, 7) is 1.18. The fraction of sp³-hybridized carbons (Fsp3) is 0.429. The zero-order valence-corrected chi connectivity index (χ0v) is 17.7. The predicted molar refractivity (Wildman–Crippen MR) is 112 cm³/mol. The molecule has 32 heavy (non-hydrogen) atoms. The largest absolute Gasteiger partial charge is 0.418 e. The lowest BCUT2D eigenvalue weighted by molar-refractivity contribution is -0.385. The van der Waals surface area contributed by atoms with Gasteiger partial charge in [0.1, 0.15) is 5.82 Å². The van der Waals surface area contributed by atoms with Crippen molar-refractivity contribution in [1.82, 2.24) is 5.32 Å². The Morgan fingerprint density at radius 3 is 2.50 bits per heavy atom. The van der Waals surface area contributed by atoms with Gasteiger partial charge < -0.3 is 15.3 Å². The van der Waals surface area contributed by atoms with E-state index in [4.69, 9.17) is 11.6 Å². The Hall–Kier alpha value is -2.43. The molecule has 0 aliphatic carbocycles. The second-order valence-corrected chi connectivity index (χ2v) is 8.06. The molecule has 11 heteroatoms. The highest BCUT2D eigenvalue weighted by atomic mass is 35.5. The predicted octanol–water partition coefficient (Wildman–Crippen LogP) is 5.09. The zero-order chi connectivity index (χ0) is 23.5. The van der Waals surface area contributed by atoms with Gasteiger partial charge in [0.25, 0.3) is 5.69 Å². The van der Waals surface area contributed by atoms with Crippen LogP contribution in [0.3, 0.4) is 0 Å². The van der Waals surface area contributed by atoms with Gasteiger partial charge in [0.2, 0.25) is 0 Å². The molecule has 0 aromatic heterocycles. The molecule has 1 fully saturated rings. The van der Waals surface area contributed by atoms with Crippen molar-refractivity contribution in [2.24, 2.45) is 0 Å². The number of alkyl halides is 3. The number of benzene rings is 2. The molecule has 1 atom stereocenters. The highest BCUT2D eigenvalue weighted by Crippen LogP contribution is 2.39. The van der Waals surface area contributed by atoms with Crippen LogP contribution in [0.25, 0.3) is 0 Å². The zero-order valence-electron chi connectivity index (χ0n) is 16.9. The summed E-state index contributed by atoms with van der Waals surface area (Å²) in [5.74, 6) is -0.561. The van der Waals surface area contributed by atoms with Crippen LogP contribution in [0.1, 0.15) is 36.5 Å². The maximum absolute atomic E-state index is 13.4.